The van der Waals surface area contributed by atoms with Gasteiger partial charge >= 0.3 is 0 Å². The van der Waals surface area contributed by atoms with Gasteiger partial charge in [0.2, 0.25) is 0 Å². The van der Waals surface area contributed by atoms with Gasteiger partial charge in [0.15, 0.2) is 9.84 Å². The number of thiazole rings is 1. The molecule has 0 saturated carbocycles. The number of sulfone groups is 1. The van der Waals surface area contributed by atoms with Crippen LogP contribution in [0.1, 0.15) is 42.8 Å². The van der Waals surface area contributed by atoms with E-state index in [4.69, 9.17) is 11.1 Å². The fourth-order valence-corrected chi connectivity index (χ4v) is 3.66. The summed E-state index contributed by atoms with van der Waals surface area (Å²) >= 11 is 1.21. The minimum atomic E-state index is -3.16. The van der Waals surface area contributed by atoms with Gasteiger partial charge in [-0.2, -0.15) is 0 Å². The zero-order valence-corrected chi connectivity index (χ0v) is 12.5. The van der Waals surface area contributed by atoms with Crippen LogP contribution in [0.15, 0.2) is 0 Å². The Morgan fingerprint density at radius 1 is 1.50 bits per heavy atom. The molecule has 0 aromatic carbocycles. The zero-order valence-electron chi connectivity index (χ0n) is 10.9. The molecule has 0 aliphatic carbocycles. The third-order valence-electron chi connectivity index (χ3n) is 2.52. The average molecular weight is 289 g/mol. The zero-order chi connectivity index (χ0) is 13.9. The van der Waals surface area contributed by atoms with Gasteiger partial charge in [-0.15, -0.1) is 11.3 Å². The van der Waals surface area contributed by atoms with Crippen LogP contribution >= 0.6 is 11.3 Å². The Balaban J connectivity index is 3.06. The van der Waals surface area contributed by atoms with Crippen LogP contribution in [0.2, 0.25) is 0 Å². The smallest absolute Gasteiger partial charge is 0.159 e. The average Bonchev–Trinajstić information content (AvgIpc) is 2.60. The third kappa shape index (κ3) is 3.52. The number of aryl methyl sites for hydroxylation is 1. The third-order valence-corrected chi connectivity index (χ3v) is 5.94. The monoisotopic (exact) mass is 289 g/mol. The van der Waals surface area contributed by atoms with Crippen molar-refractivity contribution in [3.63, 3.8) is 0 Å². The molecule has 5 nitrogen and oxygen atoms in total. The lowest BCUT2D eigenvalue weighted by molar-refractivity contribution is 0.586. The van der Waals surface area contributed by atoms with E-state index in [9.17, 15) is 8.42 Å². The predicted molar refractivity (Wildman–Crippen MR) is 74.9 cm³/mol. The van der Waals surface area contributed by atoms with Gasteiger partial charge in [0, 0.05) is 0 Å². The van der Waals surface area contributed by atoms with Crippen molar-refractivity contribution < 1.29 is 8.42 Å². The molecule has 1 heterocycles. The molecule has 0 unspecified atom stereocenters. The summed E-state index contributed by atoms with van der Waals surface area (Å²) < 4.78 is 23.7. The summed E-state index contributed by atoms with van der Waals surface area (Å²) in [4.78, 5) is 4.91. The fraction of sp³-hybridized carbons (Fsp3) is 0.636. The van der Waals surface area contributed by atoms with Crippen molar-refractivity contribution in [1.29, 1.82) is 5.41 Å². The summed E-state index contributed by atoms with van der Waals surface area (Å²) in [6.07, 6.45) is 1.60. The Bertz CT molecular complexity index is 532. The second-order valence-corrected chi connectivity index (χ2v) is 8.04. The van der Waals surface area contributed by atoms with Crippen LogP contribution < -0.4 is 5.73 Å². The Morgan fingerprint density at radius 3 is 2.56 bits per heavy atom. The van der Waals surface area contributed by atoms with Crippen molar-refractivity contribution in [2.45, 2.75) is 44.6 Å². The van der Waals surface area contributed by atoms with Crippen molar-refractivity contribution in [3.05, 3.63) is 15.6 Å². The first-order valence-electron chi connectivity index (χ1n) is 5.82. The molecule has 0 aliphatic rings. The maximum atomic E-state index is 11.8. The van der Waals surface area contributed by atoms with E-state index in [-0.39, 0.29) is 11.6 Å². The minimum Gasteiger partial charge on any atom is -0.383 e. The number of nitrogens with two attached hydrogens (primary N) is 1. The summed E-state index contributed by atoms with van der Waals surface area (Å²) in [6, 6.07) is 0. The van der Waals surface area contributed by atoms with E-state index >= 15 is 0 Å². The molecule has 0 saturated heterocycles. The molecule has 7 heteroatoms. The molecule has 0 atom stereocenters. The molecule has 1 rings (SSSR count). The van der Waals surface area contributed by atoms with Crippen molar-refractivity contribution in [1.82, 2.24) is 4.98 Å². The van der Waals surface area contributed by atoms with E-state index < -0.39 is 15.1 Å². The lowest BCUT2D eigenvalue weighted by Crippen LogP contribution is -2.15. The van der Waals surface area contributed by atoms with E-state index in [1.54, 1.807) is 13.8 Å². The van der Waals surface area contributed by atoms with Crippen molar-refractivity contribution in [2.75, 3.05) is 0 Å². The van der Waals surface area contributed by atoms with Gasteiger partial charge in [-0.05, 0) is 20.3 Å². The molecule has 0 bridgehead atoms. The van der Waals surface area contributed by atoms with Gasteiger partial charge in [0.1, 0.15) is 16.6 Å². The summed E-state index contributed by atoms with van der Waals surface area (Å²) in [5, 5.41) is 7.59. The quantitative estimate of drug-likeness (QED) is 0.615. The molecule has 1 aromatic rings. The highest BCUT2D eigenvalue weighted by Crippen LogP contribution is 2.22. The van der Waals surface area contributed by atoms with Crippen LogP contribution in [0.25, 0.3) is 0 Å². The standard InChI is InChI=1S/C11H19N3O2S2/c1-4-5-8-10(11(12)13)17-9(14-8)6-18(15,16)7(2)3/h7H,4-6H2,1-3H3,(H3,12,13). The van der Waals surface area contributed by atoms with E-state index in [2.05, 4.69) is 4.98 Å². The first-order valence-corrected chi connectivity index (χ1v) is 8.35. The highest BCUT2D eigenvalue weighted by molar-refractivity contribution is 7.91. The van der Waals surface area contributed by atoms with E-state index in [0.29, 0.717) is 16.3 Å². The molecule has 102 valence electrons. The predicted octanol–water partition coefficient (Wildman–Crippen LogP) is 1.70. The number of rotatable bonds is 6. The molecule has 0 fully saturated rings. The van der Waals surface area contributed by atoms with Crippen molar-refractivity contribution in [3.8, 4) is 0 Å². The number of hydrogen-bond acceptors (Lipinski definition) is 5. The van der Waals surface area contributed by atoms with Crippen LogP contribution in [0.4, 0.5) is 0 Å². The minimum absolute atomic E-state index is 0.0378. The van der Waals surface area contributed by atoms with Crippen LogP contribution in [0.5, 0.6) is 0 Å². The Hall–Kier alpha value is -0.950. The van der Waals surface area contributed by atoms with Crippen LogP contribution in [-0.2, 0) is 22.0 Å². The molecule has 0 radical (unpaired) electrons. The highest BCUT2D eigenvalue weighted by Gasteiger charge is 2.21. The number of nitrogens with one attached hydrogen (secondary N) is 1. The van der Waals surface area contributed by atoms with Gasteiger partial charge < -0.3 is 5.73 Å². The molecular formula is C11H19N3O2S2. The van der Waals surface area contributed by atoms with Gasteiger partial charge in [-0.25, -0.2) is 13.4 Å². The second-order valence-electron chi connectivity index (χ2n) is 4.40. The molecule has 0 amide bonds. The van der Waals surface area contributed by atoms with Gasteiger partial charge in [-0.3, -0.25) is 5.41 Å². The van der Waals surface area contributed by atoms with Gasteiger partial charge in [0.25, 0.3) is 0 Å². The molecule has 18 heavy (non-hydrogen) atoms. The number of aromatic nitrogens is 1. The largest absolute Gasteiger partial charge is 0.383 e. The molecule has 3 N–H and O–H groups in total. The molecule has 0 spiro atoms. The summed E-state index contributed by atoms with van der Waals surface area (Å²) in [5.74, 6) is -0.108. The van der Waals surface area contributed by atoms with E-state index in [0.717, 1.165) is 12.1 Å². The first kappa shape index (κ1) is 15.1. The van der Waals surface area contributed by atoms with Gasteiger partial charge in [0.05, 0.1) is 15.8 Å². The molecular weight excluding hydrogens is 270 g/mol. The SMILES string of the molecule is CCCc1nc(CS(=O)(=O)C(C)C)sc1C(=N)N. The number of amidine groups is 1. The summed E-state index contributed by atoms with van der Waals surface area (Å²) in [5.41, 5.74) is 6.23. The topological polar surface area (TPSA) is 96.9 Å². The Kier molecular flexibility index (Phi) is 4.86. The number of hydrogen-bond donors (Lipinski definition) is 2. The Labute approximate surface area is 112 Å². The van der Waals surface area contributed by atoms with Crippen molar-refractivity contribution in [2.24, 2.45) is 5.73 Å². The lowest BCUT2D eigenvalue weighted by Gasteiger charge is -2.04. The van der Waals surface area contributed by atoms with Crippen LogP contribution in [-0.4, -0.2) is 24.5 Å². The van der Waals surface area contributed by atoms with E-state index in [1.165, 1.54) is 11.3 Å². The summed E-state index contributed by atoms with van der Waals surface area (Å²) in [6.45, 7) is 5.32. The summed E-state index contributed by atoms with van der Waals surface area (Å²) in [7, 11) is -3.16. The molecule has 0 aliphatic heterocycles. The molecule has 1 aromatic heterocycles. The fourth-order valence-electron chi connectivity index (χ4n) is 1.42. The normalized spacial score (nSPS) is 12.0. The second kappa shape index (κ2) is 5.79. The maximum Gasteiger partial charge on any atom is 0.159 e. The van der Waals surface area contributed by atoms with Gasteiger partial charge in [-0.1, -0.05) is 13.3 Å². The van der Waals surface area contributed by atoms with E-state index in [1.807, 2.05) is 6.92 Å². The number of nitrogens with zero attached hydrogens (tertiary/aromatic N) is 1. The van der Waals surface area contributed by atoms with Crippen LogP contribution in [0.3, 0.4) is 0 Å². The number of nitrogen functional groups attached to an aromatic ring is 1. The lowest BCUT2D eigenvalue weighted by atomic mass is 10.2. The maximum absolute atomic E-state index is 11.8. The Morgan fingerprint density at radius 2 is 2.11 bits per heavy atom. The highest BCUT2D eigenvalue weighted by atomic mass is 32.2. The first-order chi connectivity index (χ1) is 8.27. The van der Waals surface area contributed by atoms with Crippen LogP contribution in [0, 0.1) is 5.41 Å². The van der Waals surface area contributed by atoms with Crippen molar-refractivity contribution >= 4 is 27.0 Å².